The van der Waals surface area contributed by atoms with Gasteiger partial charge in [-0.25, -0.2) is 0 Å². The Morgan fingerprint density at radius 2 is 1.75 bits per heavy atom. The topological polar surface area (TPSA) is 68.0 Å². The van der Waals surface area contributed by atoms with Gasteiger partial charge < -0.3 is 11.1 Å². The summed E-state index contributed by atoms with van der Waals surface area (Å²) in [6.45, 7) is 4.73. The molecule has 0 aliphatic rings. The zero-order chi connectivity index (χ0) is 14.6. The molecule has 1 aromatic carbocycles. The molecule has 0 bridgehead atoms. The van der Waals surface area contributed by atoms with E-state index in [1.807, 2.05) is 24.3 Å². The van der Waals surface area contributed by atoms with Crippen LogP contribution in [-0.4, -0.2) is 17.4 Å². The molecule has 1 aromatic heterocycles. The summed E-state index contributed by atoms with van der Waals surface area (Å²) in [5, 5.41) is 2.83. The van der Waals surface area contributed by atoms with Crippen molar-refractivity contribution in [1.29, 1.82) is 0 Å². The fourth-order valence-electron chi connectivity index (χ4n) is 1.83. The highest BCUT2D eigenvalue weighted by Gasteiger charge is 2.18. The van der Waals surface area contributed by atoms with Crippen LogP contribution in [0.3, 0.4) is 0 Å². The lowest BCUT2D eigenvalue weighted by Gasteiger charge is -2.23. The number of hydrogen-bond acceptors (Lipinski definition) is 3. The molecule has 0 saturated heterocycles. The van der Waals surface area contributed by atoms with Crippen LogP contribution >= 0.6 is 0 Å². The van der Waals surface area contributed by atoms with Crippen molar-refractivity contribution in [2.45, 2.75) is 19.3 Å². The Bertz CT molecular complexity index is 576. The van der Waals surface area contributed by atoms with Crippen molar-refractivity contribution >= 4 is 11.6 Å². The second-order valence-electron chi connectivity index (χ2n) is 5.36. The van der Waals surface area contributed by atoms with Gasteiger partial charge in [0, 0.05) is 35.6 Å². The summed E-state index contributed by atoms with van der Waals surface area (Å²) in [5.74, 6) is -0.131. The molecule has 0 atom stereocenters. The first kappa shape index (κ1) is 14.2. The molecule has 4 nitrogen and oxygen atoms in total. The molecular formula is C16H19N3O. The van der Waals surface area contributed by atoms with E-state index in [2.05, 4.69) is 24.1 Å². The summed E-state index contributed by atoms with van der Waals surface area (Å²) in [6, 6.07) is 11.1. The van der Waals surface area contributed by atoms with Gasteiger partial charge >= 0.3 is 0 Å². The van der Waals surface area contributed by atoms with E-state index in [9.17, 15) is 4.79 Å². The summed E-state index contributed by atoms with van der Waals surface area (Å²) in [6.07, 6.45) is 3.28. The summed E-state index contributed by atoms with van der Waals surface area (Å²) in [7, 11) is 0. The van der Waals surface area contributed by atoms with E-state index in [-0.39, 0.29) is 11.3 Å². The number of nitrogens with one attached hydrogen (secondary N) is 1. The smallest absolute Gasteiger partial charge is 0.255 e. The van der Waals surface area contributed by atoms with E-state index >= 15 is 0 Å². The molecule has 1 amide bonds. The molecule has 2 aromatic rings. The Morgan fingerprint density at radius 1 is 1.15 bits per heavy atom. The van der Waals surface area contributed by atoms with Crippen LogP contribution in [0.4, 0.5) is 5.69 Å². The Hall–Kier alpha value is -2.20. The molecule has 0 saturated carbocycles. The largest absolute Gasteiger partial charge is 0.330 e. The first-order valence-corrected chi connectivity index (χ1v) is 6.55. The standard InChI is InChI=1S/C16H19N3O/c1-16(2,11-17)13-5-3-12(4-6-13)15(20)19-14-7-9-18-10-8-14/h3-10H,11,17H2,1-2H3,(H,18,19,20). The maximum absolute atomic E-state index is 12.1. The van der Waals surface area contributed by atoms with Gasteiger partial charge in [-0.15, -0.1) is 0 Å². The highest BCUT2D eigenvalue weighted by atomic mass is 16.1. The number of anilines is 1. The van der Waals surface area contributed by atoms with Crippen molar-refractivity contribution in [2.24, 2.45) is 5.73 Å². The quantitative estimate of drug-likeness (QED) is 0.896. The maximum atomic E-state index is 12.1. The van der Waals surface area contributed by atoms with E-state index in [1.54, 1.807) is 24.5 Å². The number of hydrogen-bond donors (Lipinski definition) is 2. The Balaban J connectivity index is 2.12. The Labute approximate surface area is 119 Å². The molecular weight excluding hydrogens is 250 g/mol. The summed E-state index contributed by atoms with van der Waals surface area (Å²) >= 11 is 0. The number of nitrogens with two attached hydrogens (primary N) is 1. The third kappa shape index (κ3) is 3.22. The molecule has 0 aliphatic heterocycles. The van der Waals surface area contributed by atoms with E-state index in [0.717, 1.165) is 11.3 Å². The molecule has 104 valence electrons. The van der Waals surface area contributed by atoms with Gasteiger partial charge in [0.05, 0.1) is 0 Å². The van der Waals surface area contributed by atoms with Crippen molar-refractivity contribution < 1.29 is 4.79 Å². The monoisotopic (exact) mass is 269 g/mol. The zero-order valence-electron chi connectivity index (χ0n) is 11.8. The van der Waals surface area contributed by atoms with Crippen LogP contribution in [0, 0.1) is 0 Å². The summed E-state index contributed by atoms with van der Waals surface area (Å²) in [5.41, 5.74) is 8.15. The zero-order valence-corrected chi connectivity index (χ0v) is 11.8. The predicted molar refractivity (Wildman–Crippen MR) is 80.7 cm³/mol. The number of carbonyl (C=O) groups is 1. The van der Waals surface area contributed by atoms with Crippen LogP contribution in [0.25, 0.3) is 0 Å². The van der Waals surface area contributed by atoms with Gasteiger partial charge in [0.1, 0.15) is 0 Å². The van der Waals surface area contributed by atoms with Crippen LogP contribution in [0.1, 0.15) is 29.8 Å². The SMILES string of the molecule is CC(C)(CN)c1ccc(C(=O)Nc2ccncc2)cc1. The fraction of sp³-hybridized carbons (Fsp3) is 0.250. The molecule has 20 heavy (non-hydrogen) atoms. The molecule has 0 aliphatic carbocycles. The lowest BCUT2D eigenvalue weighted by molar-refractivity contribution is 0.102. The third-order valence-corrected chi connectivity index (χ3v) is 3.38. The number of aromatic nitrogens is 1. The predicted octanol–water partition coefficient (Wildman–Crippen LogP) is 2.57. The van der Waals surface area contributed by atoms with Crippen molar-refractivity contribution in [1.82, 2.24) is 4.98 Å². The van der Waals surface area contributed by atoms with Crippen LogP contribution in [0.15, 0.2) is 48.8 Å². The molecule has 0 fully saturated rings. The molecule has 0 unspecified atom stereocenters. The Kier molecular flexibility index (Phi) is 4.15. The number of nitrogens with zero attached hydrogens (tertiary/aromatic N) is 1. The highest BCUT2D eigenvalue weighted by Crippen LogP contribution is 2.22. The second kappa shape index (κ2) is 5.84. The van der Waals surface area contributed by atoms with Gasteiger partial charge in [-0.3, -0.25) is 9.78 Å². The minimum Gasteiger partial charge on any atom is -0.330 e. The molecule has 0 spiro atoms. The van der Waals surface area contributed by atoms with Crippen molar-refractivity contribution in [3.05, 3.63) is 59.9 Å². The van der Waals surface area contributed by atoms with Crippen molar-refractivity contribution in [2.75, 3.05) is 11.9 Å². The fourth-order valence-corrected chi connectivity index (χ4v) is 1.83. The first-order chi connectivity index (χ1) is 9.53. The van der Waals surface area contributed by atoms with Crippen LogP contribution in [-0.2, 0) is 5.41 Å². The van der Waals surface area contributed by atoms with E-state index in [4.69, 9.17) is 5.73 Å². The van der Waals surface area contributed by atoms with E-state index in [0.29, 0.717) is 12.1 Å². The van der Waals surface area contributed by atoms with Crippen LogP contribution < -0.4 is 11.1 Å². The van der Waals surface area contributed by atoms with Gasteiger partial charge in [0.25, 0.3) is 5.91 Å². The van der Waals surface area contributed by atoms with Crippen molar-refractivity contribution in [3.8, 4) is 0 Å². The van der Waals surface area contributed by atoms with Crippen LogP contribution in [0.5, 0.6) is 0 Å². The maximum Gasteiger partial charge on any atom is 0.255 e. The van der Waals surface area contributed by atoms with Gasteiger partial charge in [-0.1, -0.05) is 26.0 Å². The Morgan fingerprint density at radius 3 is 2.30 bits per heavy atom. The van der Waals surface area contributed by atoms with E-state index in [1.165, 1.54) is 0 Å². The summed E-state index contributed by atoms with van der Waals surface area (Å²) in [4.78, 5) is 16.0. The lowest BCUT2D eigenvalue weighted by atomic mass is 9.84. The van der Waals surface area contributed by atoms with Gasteiger partial charge in [0.15, 0.2) is 0 Å². The highest BCUT2D eigenvalue weighted by molar-refractivity contribution is 6.04. The number of rotatable bonds is 4. The minimum atomic E-state index is -0.131. The third-order valence-electron chi connectivity index (χ3n) is 3.38. The normalized spacial score (nSPS) is 11.2. The molecule has 4 heteroatoms. The van der Waals surface area contributed by atoms with Crippen molar-refractivity contribution in [3.63, 3.8) is 0 Å². The average molecular weight is 269 g/mol. The van der Waals surface area contributed by atoms with Gasteiger partial charge in [-0.2, -0.15) is 0 Å². The summed E-state index contributed by atoms with van der Waals surface area (Å²) < 4.78 is 0. The number of benzene rings is 1. The number of amides is 1. The second-order valence-corrected chi connectivity index (χ2v) is 5.36. The number of pyridine rings is 1. The average Bonchev–Trinajstić information content (AvgIpc) is 2.48. The molecule has 1 heterocycles. The molecule has 3 N–H and O–H groups in total. The molecule has 0 radical (unpaired) electrons. The lowest BCUT2D eigenvalue weighted by Crippen LogP contribution is -2.28. The molecule has 2 rings (SSSR count). The van der Waals surface area contributed by atoms with Gasteiger partial charge in [-0.05, 0) is 29.8 Å². The van der Waals surface area contributed by atoms with Gasteiger partial charge in [0.2, 0.25) is 0 Å². The van der Waals surface area contributed by atoms with Crippen LogP contribution in [0.2, 0.25) is 0 Å². The van der Waals surface area contributed by atoms with E-state index < -0.39 is 0 Å². The first-order valence-electron chi connectivity index (χ1n) is 6.55. The number of carbonyl (C=O) groups excluding carboxylic acids is 1. The minimum absolute atomic E-state index is 0.0832.